The minimum absolute atomic E-state index is 0.255. The molecule has 8 heteroatoms. The summed E-state index contributed by atoms with van der Waals surface area (Å²) in [5.41, 5.74) is 4.09. The van der Waals surface area contributed by atoms with Gasteiger partial charge in [-0.05, 0) is 62.3 Å². The molecule has 1 aliphatic heterocycles. The summed E-state index contributed by atoms with van der Waals surface area (Å²) in [7, 11) is 1.58. The zero-order chi connectivity index (χ0) is 23.5. The first-order valence-corrected chi connectivity index (χ1v) is 11.6. The predicted octanol–water partition coefficient (Wildman–Crippen LogP) is 3.18. The molecule has 0 saturated carbocycles. The van der Waals surface area contributed by atoms with Crippen LogP contribution < -0.4 is 10.1 Å². The summed E-state index contributed by atoms with van der Waals surface area (Å²) in [6.45, 7) is 3.10. The van der Waals surface area contributed by atoms with Gasteiger partial charge in [-0.15, -0.1) is 0 Å². The molecule has 3 aromatic heterocycles. The third-order valence-electron chi connectivity index (χ3n) is 6.48. The number of phenols is 1. The smallest absolute Gasteiger partial charge is 0.213 e. The number of likely N-dealkylation sites (tertiary alicyclic amines) is 1. The SMILES string of the molecule is COc1ccc2nccc([C@H](O)CN3CCC(NCc4ccc5cc(O)ccc5n4)CC3)c2n1. The minimum Gasteiger partial charge on any atom is -0.508 e. The first-order chi connectivity index (χ1) is 16.6. The molecule has 0 bridgehead atoms. The van der Waals surface area contributed by atoms with Gasteiger partial charge in [-0.3, -0.25) is 9.97 Å². The molecule has 1 aromatic carbocycles. The average molecular weight is 460 g/mol. The maximum absolute atomic E-state index is 11.0. The molecule has 0 aliphatic carbocycles. The van der Waals surface area contributed by atoms with Crippen LogP contribution in [0.5, 0.6) is 11.6 Å². The number of aliphatic hydroxyl groups excluding tert-OH is 1. The van der Waals surface area contributed by atoms with Crippen molar-refractivity contribution < 1.29 is 14.9 Å². The lowest BCUT2D eigenvalue weighted by atomic mass is 10.0. The number of fused-ring (bicyclic) bond motifs is 2. The van der Waals surface area contributed by atoms with Gasteiger partial charge in [0.15, 0.2) is 0 Å². The van der Waals surface area contributed by atoms with Gasteiger partial charge in [0.2, 0.25) is 5.88 Å². The number of nitrogens with one attached hydrogen (secondary N) is 1. The van der Waals surface area contributed by atoms with E-state index in [1.807, 2.05) is 30.3 Å². The van der Waals surface area contributed by atoms with Crippen molar-refractivity contribution in [1.29, 1.82) is 0 Å². The number of methoxy groups -OCH3 is 1. The minimum atomic E-state index is -0.643. The first-order valence-electron chi connectivity index (χ1n) is 11.6. The molecule has 34 heavy (non-hydrogen) atoms. The fraction of sp³-hybridized carbons (Fsp3) is 0.346. The van der Waals surface area contributed by atoms with Crippen LogP contribution in [0, 0.1) is 0 Å². The van der Waals surface area contributed by atoms with Crippen LogP contribution in [0.3, 0.4) is 0 Å². The zero-order valence-corrected chi connectivity index (χ0v) is 19.2. The van der Waals surface area contributed by atoms with E-state index in [9.17, 15) is 10.2 Å². The highest BCUT2D eigenvalue weighted by atomic mass is 16.5. The average Bonchev–Trinajstić information content (AvgIpc) is 2.87. The van der Waals surface area contributed by atoms with Crippen LogP contribution in [0.15, 0.2) is 54.7 Å². The largest absolute Gasteiger partial charge is 0.508 e. The van der Waals surface area contributed by atoms with E-state index in [1.165, 1.54) is 0 Å². The Morgan fingerprint density at radius 3 is 2.71 bits per heavy atom. The number of β-amino-alcohol motifs (C(OH)–C–C–N with tert-alkyl or cyclic N) is 1. The second kappa shape index (κ2) is 9.89. The molecule has 4 aromatic rings. The predicted molar refractivity (Wildman–Crippen MR) is 131 cm³/mol. The van der Waals surface area contributed by atoms with E-state index in [1.54, 1.807) is 31.5 Å². The molecular weight excluding hydrogens is 430 g/mol. The second-order valence-electron chi connectivity index (χ2n) is 8.77. The van der Waals surface area contributed by atoms with Gasteiger partial charge < -0.3 is 25.2 Å². The van der Waals surface area contributed by atoms with Gasteiger partial charge in [-0.2, -0.15) is 0 Å². The van der Waals surface area contributed by atoms with E-state index in [-0.39, 0.29) is 5.75 Å². The van der Waals surface area contributed by atoms with Gasteiger partial charge >= 0.3 is 0 Å². The normalized spacial score (nSPS) is 16.2. The summed E-state index contributed by atoms with van der Waals surface area (Å²) < 4.78 is 5.25. The number of rotatable bonds is 7. The summed E-state index contributed by atoms with van der Waals surface area (Å²) in [6.07, 6.45) is 3.10. The summed E-state index contributed by atoms with van der Waals surface area (Å²) in [4.78, 5) is 15.9. The van der Waals surface area contributed by atoms with Crippen LogP contribution in [0.25, 0.3) is 21.9 Å². The Balaban J connectivity index is 1.15. The van der Waals surface area contributed by atoms with E-state index < -0.39 is 6.10 Å². The Labute approximate surface area is 198 Å². The van der Waals surface area contributed by atoms with Crippen molar-refractivity contribution in [3.63, 3.8) is 0 Å². The number of nitrogens with zero attached hydrogens (tertiary/aromatic N) is 4. The van der Waals surface area contributed by atoms with E-state index in [0.717, 1.165) is 53.6 Å². The van der Waals surface area contributed by atoms with Gasteiger partial charge in [0.05, 0.1) is 35.5 Å². The van der Waals surface area contributed by atoms with E-state index >= 15 is 0 Å². The number of aromatic nitrogens is 3. The molecule has 1 atom stereocenters. The van der Waals surface area contributed by atoms with Crippen molar-refractivity contribution in [2.45, 2.75) is 31.5 Å². The Kier molecular flexibility index (Phi) is 6.53. The van der Waals surface area contributed by atoms with Crippen LogP contribution in [0.2, 0.25) is 0 Å². The molecule has 0 unspecified atom stereocenters. The molecule has 176 valence electrons. The summed E-state index contributed by atoms with van der Waals surface area (Å²) in [5.74, 6) is 0.769. The van der Waals surface area contributed by atoms with E-state index in [4.69, 9.17) is 4.74 Å². The Hall–Kier alpha value is -3.33. The fourth-order valence-corrected chi connectivity index (χ4v) is 4.58. The number of aromatic hydroxyl groups is 1. The number of hydrogen-bond donors (Lipinski definition) is 3. The second-order valence-corrected chi connectivity index (χ2v) is 8.77. The first kappa shape index (κ1) is 22.5. The lowest BCUT2D eigenvalue weighted by Crippen LogP contribution is -2.43. The Bertz CT molecular complexity index is 1290. The molecule has 1 aliphatic rings. The molecule has 8 nitrogen and oxygen atoms in total. The third-order valence-corrected chi connectivity index (χ3v) is 6.48. The highest BCUT2D eigenvalue weighted by Crippen LogP contribution is 2.25. The maximum Gasteiger partial charge on any atom is 0.213 e. The van der Waals surface area contributed by atoms with Crippen LogP contribution in [0.4, 0.5) is 0 Å². The van der Waals surface area contributed by atoms with Crippen molar-refractivity contribution in [3.05, 3.63) is 66.0 Å². The van der Waals surface area contributed by atoms with Gasteiger partial charge in [-0.1, -0.05) is 6.07 Å². The lowest BCUT2D eigenvalue weighted by molar-refractivity contribution is 0.0947. The number of benzene rings is 1. The van der Waals surface area contributed by atoms with E-state index in [2.05, 4.69) is 25.2 Å². The fourth-order valence-electron chi connectivity index (χ4n) is 4.58. The molecule has 4 heterocycles. The van der Waals surface area contributed by atoms with Crippen molar-refractivity contribution in [1.82, 2.24) is 25.2 Å². The number of hydrogen-bond acceptors (Lipinski definition) is 8. The molecule has 0 amide bonds. The molecule has 1 saturated heterocycles. The highest BCUT2D eigenvalue weighted by molar-refractivity contribution is 5.80. The van der Waals surface area contributed by atoms with Crippen molar-refractivity contribution >= 4 is 21.9 Å². The highest BCUT2D eigenvalue weighted by Gasteiger charge is 2.23. The van der Waals surface area contributed by atoms with E-state index in [0.29, 0.717) is 30.5 Å². The summed E-state index contributed by atoms with van der Waals surface area (Å²) >= 11 is 0. The van der Waals surface area contributed by atoms with Crippen LogP contribution in [-0.4, -0.2) is 62.9 Å². The number of aliphatic hydroxyl groups is 1. The van der Waals surface area contributed by atoms with Gasteiger partial charge in [0.25, 0.3) is 0 Å². The molecular formula is C26H29N5O3. The number of ether oxygens (including phenoxy) is 1. The quantitative estimate of drug-likeness (QED) is 0.387. The van der Waals surface area contributed by atoms with Crippen LogP contribution in [-0.2, 0) is 6.54 Å². The molecule has 5 rings (SSSR count). The van der Waals surface area contributed by atoms with Gasteiger partial charge in [0.1, 0.15) is 5.75 Å². The molecule has 0 spiro atoms. The van der Waals surface area contributed by atoms with Crippen molar-refractivity contribution in [2.75, 3.05) is 26.7 Å². The number of phenolic OH excluding ortho intramolecular Hbond substituents is 1. The lowest BCUT2D eigenvalue weighted by Gasteiger charge is -2.33. The van der Waals surface area contributed by atoms with Crippen LogP contribution >= 0.6 is 0 Å². The summed E-state index contributed by atoms with van der Waals surface area (Å²) in [6, 6.07) is 15.1. The molecule has 3 N–H and O–H groups in total. The monoisotopic (exact) mass is 459 g/mol. The van der Waals surface area contributed by atoms with Gasteiger partial charge in [0, 0.05) is 42.3 Å². The van der Waals surface area contributed by atoms with Gasteiger partial charge in [-0.25, -0.2) is 4.98 Å². The molecule has 0 radical (unpaired) electrons. The van der Waals surface area contributed by atoms with Crippen LogP contribution in [0.1, 0.15) is 30.2 Å². The Morgan fingerprint density at radius 1 is 1.06 bits per heavy atom. The summed E-state index contributed by atoms with van der Waals surface area (Å²) in [5, 5.41) is 25.1. The van der Waals surface area contributed by atoms with Crippen molar-refractivity contribution in [2.24, 2.45) is 0 Å². The standard InChI is InChI=1S/C26H29N5O3/c1-34-25-7-6-23-26(30-25)21(8-11-27-23)24(33)16-31-12-9-18(10-13-31)28-15-19-3-2-17-14-20(32)4-5-22(17)29-19/h2-8,11,14,18,24,28,32-33H,9-10,12-13,15-16H2,1H3/t24-/m1/s1. The maximum atomic E-state index is 11.0. The Morgan fingerprint density at radius 2 is 1.88 bits per heavy atom. The number of pyridine rings is 3. The number of piperidine rings is 1. The van der Waals surface area contributed by atoms with Crippen molar-refractivity contribution in [3.8, 4) is 11.6 Å². The zero-order valence-electron chi connectivity index (χ0n) is 19.2. The molecule has 1 fully saturated rings. The topological polar surface area (TPSA) is 104 Å². The third kappa shape index (κ3) is 4.94.